The molecule has 2 heterocycles. The van der Waals surface area contributed by atoms with Gasteiger partial charge in [0.15, 0.2) is 0 Å². The van der Waals surface area contributed by atoms with E-state index in [1.54, 1.807) is 12.1 Å². The monoisotopic (exact) mass is 490 g/mol. The Bertz CT molecular complexity index is 1210. The summed E-state index contributed by atoms with van der Waals surface area (Å²) >= 11 is 5.96. The van der Waals surface area contributed by atoms with Gasteiger partial charge in [0.1, 0.15) is 4.90 Å². The zero-order chi connectivity index (χ0) is 23.8. The van der Waals surface area contributed by atoms with Crippen molar-refractivity contribution in [3.05, 3.63) is 64.2 Å². The second-order valence-corrected chi connectivity index (χ2v) is 9.93. The number of benzene rings is 2. The van der Waals surface area contributed by atoms with Crippen LogP contribution >= 0.6 is 11.6 Å². The molecule has 0 atom stereocenters. The SMILES string of the molecule is NS(=O)(=O)c1cc2c(cc1Cl)C(=O)N(CCCN1CCN(C(=O)c3ccccc3)CC1)C2=O. The molecule has 0 radical (unpaired) electrons. The summed E-state index contributed by atoms with van der Waals surface area (Å²) in [5.41, 5.74) is 0.731. The normalized spacial score (nSPS) is 16.9. The van der Waals surface area contributed by atoms with Crippen molar-refractivity contribution < 1.29 is 22.8 Å². The van der Waals surface area contributed by atoms with Crippen molar-refractivity contribution >= 4 is 39.3 Å². The van der Waals surface area contributed by atoms with E-state index in [4.69, 9.17) is 16.7 Å². The first-order chi connectivity index (χ1) is 15.7. The molecule has 1 saturated heterocycles. The number of rotatable bonds is 6. The van der Waals surface area contributed by atoms with Crippen molar-refractivity contribution in [1.82, 2.24) is 14.7 Å². The standard InChI is InChI=1S/C22H23ClN4O5S/c23-18-13-16-17(14-19(18)33(24,31)32)22(30)27(21(16)29)8-4-7-25-9-11-26(12-10-25)20(28)15-5-2-1-3-6-15/h1-3,5-6,13-14H,4,7-12H2,(H2,24,31,32). The lowest BCUT2D eigenvalue weighted by Gasteiger charge is -2.35. The molecule has 0 spiro atoms. The number of hydrogen-bond acceptors (Lipinski definition) is 6. The molecular formula is C22H23ClN4O5S. The number of sulfonamides is 1. The van der Waals surface area contributed by atoms with Crippen molar-refractivity contribution in [1.29, 1.82) is 0 Å². The van der Waals surface area contributed by atoms with E-state index < -0.39 is 21.8 Å². The second-order valence-electron chi connectivity index (χ2n) is 7.99. The lowest BCUT2D eigenvalue weighted by atomic mass is 10.1. The van der Waals surface area contributed by atoms with E-state index in [9.17, 15) is 22.8 Å². The van der Waals surface area contributed by atoms with Gasteiger partial charge in [-0.1, -0.05) is 29.8 Å². The summed E-state index contributed by atoms with van der Waals surface area (Å²) in [6.45, 7) is 3.47. The number of carbonyl (C=O) groups is 3. The van der Waals surface area contributed by atoms with Crippen LogP contribution in [0.25, 0.3) is 0 Å². The van der Waals surface area contributed by atoms with Gasteiger partial charge in [0.2, 0.25) is 10.0 Å². The lowest BCUT2D eigenvalue weighted by molar-refractivity contribution is 0.0595. The van der Waals surface area contributed by atoms with E-state index in [1.165, 1.54) is 6.07 Å². The van der Waals surface area contributed by atoms with Crippen LogP contribution in [-0.4, -0.2) is 80.1 Å². The van der Waals surface area contributed by atoms with Crippen LogP contribution in [0.3, 0.4) is 0 Å². The molecule has 2 aromatic carbocycles. The third kappa shape index (κ3) is 4.79. The summed E-state index contributed by atoms with van der Waals surface area (Å²) in [6.07, 6.45) is 0.549. The molecule has 0 aromatic heterocycles. The fourth-order valence-corrected chi connectivity index (χ4v) is 5.20. The van der Waals surface area contributed by atoms with Crippen molar-refractivity contribution in [2.75, 3.05) is 39.3 Å². The minimum absolute atomic E-state index is 0.0125. The Labute approximate surface area is 196 Å². The molecule has 1 fully saturated rings. The second kappa shape index (κ2) is 9.22. The average molecular weight is 491 g/mol. The fourth-order valence-electron chi connectivity index (χ4n) is 4.10. The van der Waals surface area contributed by atoms with E-state index in [2.05, 4.69) is 4.90 Å². The zero-order valence-corrected chi connectivity index (χ0v) is 19.3. The molecule has 0 aliphatic carbocycles. The van der Waals surface area contributed by atoms with Crippen molar-refractivity contribution in [2.24, 2.45) is 5.14 Å². The molecule has 2 aliphatic rings. The van der Waals surface area contributed by atoms with E-state index in [1.807, 2.05) is 23.1 Å². The first-order valence-electron chi connectivity index (χ1n) is 10.5. The number of nitrogens with zero attached hydrogens (tertiary/aromatic N) is 3. The maximum atomic E-state index is 12.7. The molecule has 2 aromatic rings. The Morgan fingerprint density at radius 3 is 2.15 bits per heavy atom. The molecule has 0 unspecified atom stereocenters. The Balaban J connectivity index is 1.31. The predicted molar refractivity (Wildman–Crippen MR) is 122 cm³/mol. The molecule has 11 heteroatoms. The third-order valence-electron chi connectivity index (χ3n) is 5.87. The van der Waals surface area contributed by atoms with Gasteiger partial charge < -0.3 is 4.90 Å². The van der Waals surface area contributed by atoms with Gasteiger partial charge >= 0.3 is 0 Å². The van der Waals surface area contributed by atoms with Crippen LogP contribution in [0.5, 0.6) is 0 Å². The van der Waals surface area contributed by atoms with E-state index >= 15 is 0 Å². The number of hydrogen-bond donors (Lipinski definition) is 1. The molecule has 0 saturated carbocycles. The number of nitrogens with two attached hydrogens (primary N) is 1. The molecule has 3 amide bonds. The Kier molecular flexibility index (Phi) is 6.53. The van der Waals surface area contributed by atoms with Crippen LogP contribution in [0.2, 0.25) is 5.02 Å². The van der Waals surface area contributed by atoms with E-state index in [-0.39, 0.29) is 33.5 Å². The number of amides is 3. The maximum Gasteiger partial charge on any atom is 0.261 e. The summed E-state index contributed by atoms with van der Waals surface area (Å²) in [6, 6.07) is 11.4. The molecule has 9 nitrogen and oxygen atoms in total. The van der Waals surface area contributed by atoms with Crippen LogP contribution in [0.1, 0.15) is 37.5 Å². The zero-order valence-electron chi connectivity index (χ0n) is 17.7. The predicted octanol–water partition coefficient (Wildman–Crippen LogP) is 1.43. The molecule has 2 N–H and O–H groups in total. The van der Waals surface area contributed by atoms with Crippen LogP contribution in [0.4, 0.5) is 0 Å². The number of primary sulfonamides is 1. The topological polar surface area (TPSA) is 121 Å². The summed E-state index contributed by atoms with van der Waals surface area (Å²) in [4.78, 5) is 42.6. The lowest BCUT2D eigenvalue weighted by Crippen LogP contribution is -2.49. The number of carbonyl (C=O) groups excluding carboxylic acids is 3. The minimum atomic E-state index is -4.12. The molecule has 0 bridgehead atoms. The first kappa shape index (κ1) is 23.4. The Morgan fingerprint density at radius 1 is 0.939 bits per heavy atom. The van der Waals surface area contributed by atoms with Gasteiger partial charge in [0.05, 0.1) is 16.1 Å². The highest BCUT2D eigenvalue weighted by molar-refractivity contribution is 7.89. The van der Waals surface area contributed by atoms with Crippen molar-refractivity contribution in [2.45, 2.75) is 11.3 Å². The van der Waals surface area contributed by atoms with Gasteiger partial charge in [-0.3, -0.25) is 24.2 Å². The quantitative estimate of drug-likeness (QED) is 0.611. The van der Waals surface area contributed by atoms with Crippen molar-refractivity contribution in [3.63, 3.8) is 0 Å². The van der Waals surface area contributed by atoms with Crippen LogP contribution in [0.15, 0.2) is 47.4 Å². The van der Waals surface area contributed by atoms with E-state index in [0.717, 1.165) is 11.0 Å². The highest BCUT2D eigenvalue weighted by atomic mass is 35.5. The Hall–Kier alpha value is -2.79. The van der Waals surface area contributed by atoms with Gasteiger partial charge in [-0.05, 0) is 37.2 Å². The number of halogens is 1. The van der Waals surface area contributed by atoms with Crippen LogP contribution in [0, 0.1) is 0 Å². The highest BCUT2D eigenvalue weighted by Gasteiger charge is 2.37. The third-order valence-corrected chi connectivity index (χ3v) is 7.24. The highest BCUT2D eigenvalue weighted by Crippen LogP contribution is 2.30. The van der Waals surface area contributed by atoms with Gasteiger partial charge in [0.25, 0.3) is 17.7 Å². The van der Waals surface area contributed by atoms with Crippen LogP contribution in [-0.2, 0) is 10.0 Å². The van der Waals surface area contributed by atoms with Gasteiger partial charge in [-0.15, -0.1) is 0 Å². The summed E-state index contributed by atoms with van der Waals surface area (Å²) in [5.74, 6) is -1.05. The summed E-state index contributed by atoms with van der Waals surface area (Å²) in [5, 5.41) is 4.95. The fraction of sp³-hybridized carbons (Fsp3) is 0.318. The number of piperazine rings is 1. The Morgan fingerprint density at radius 2 is 1.55 bits per heavy atom. The first-order valence-corrected chi connectivity index (χ1v) is 12.4. The minimum Gasteiger partial charge on any atom is -0.336 e. The summed E-state index contributed by atoms with van der Waals surface area (Å²) < 4.78 is 23.3. The molecular weight excluding hydrogens is 468 g/mol. The number of imide groups is 1. The van der Waals surface area contributed by atoms with Gasteiger partial charge in [-0.25, -0.2) is 13.6 Å². The average Bonchev–Trinajstić information content (AvgIpc) is 3.02. The van der Waals surface area contributed by atoms with Crippen molar-refractivity contribution in [3.8, 4) is 0 Å². The number of fused-ring (bicyclic) bond motifs is 1. The smallest absolute Gasteiger partial charge is 0.261 e. The van der Waals surface area contributed by atoms with Gasteiger partial charge in [-0.2, -0.15) is 0 Å². The molecule has 174 valence electrons. The largest absolute Gasteiger partial charge is 0.336 e. The van der Waals surface area contributed by atoms with E-state index in [0.29, 0.717) is 44.7 Å². The maximum absolute atomic E-state index is 12.7. The molecule has 33 heavy (non-hydrogen) atoms. The van der Waals surface area contributed by atoms with Gasteiger partial charge in [0, 0.05) is 38.3 Å². The summed E-state index contributed by atoms with van der Waals surface area (Å²) in [7, 11) is -4.12. The van der Waals surface area contributed by atoms with Crippen LogP contribution < -0.4 is 5.14 Å². The molecule has 2 aliphatic heterocycles. The molecule has 4 rings (SSSR count).